The van der Waals surface area contributed by atoms with Gasteiger partial charge < -0.3 is 15.0 Å². The number of fused-ring (bicyclic) bond motifs is 5. The third-order valence-electron chi connectivity index (χ3n) is 12.1. The Kier molecular flexibility index (Phi) is 6.51. The lowest BCUT2D eigenvalue weighted by atomic mass is 9.48. The molecule has 0 saturated carbocycles. The minimum Gasteiger partial charge on any atom is -0.384 e. The average molecular weight is 563 g/mol. The summed E-state index contributed by atoms with van der Waals surface area (Å²) in [7, 11) is 0. The normalized spacial score (nSPS) is 38.8. The standard InChI is InChI=1S/C37H46N4O/c1-35-36(24-27-14-8-4-7-13-22-41(27)35)26-40-21-12-6-3-2-5-11-19-37(35,42)25-30(31(36)18-23-40)33-34-29(17-20-38-33)28-15-9-10-16-32(28)39-34/h2,5,8-10,14-17,20,25,27,31,39,42H,3-4,6-7,11-13,18-19,21-24,26H2,1H3/b5-2-,14-8-/t27-,31-,35+,36-,37-/m0/s1. The molecule has 1 unspecified atom stereocenters. The minimum absolute atomic E-state index is 0.0585. The lowest BCUT2D eigenvalue weighted by molar-refractivity contribution is -0.151. The zero-order chi connectivity index (χ0) is 28.4. The van der Waals surface area contributed by atoms with Crippen molar-refractivity contribution in [2.75, 3.05) is 26.2 Å². The van der Waals surface area contributed by atoms with Gasteiger partial charge in [-0.3, -0.25) is 9.88 Å². The molecule has 0 radical (unpaired) electrons. The van der Waals surface area contributed by atoms with Crippen molar-refractivity contribution in [2.45, 2.75) is 88.3 Å². The summed E-state index contributed by atoms with van der Waals surface area (Å²) < 4.78 is 0. The number of H-pyrrole nitrogens is 1. The smallest absolute Gasteiger partial charge is 0.102 e. The van der Waals surface area contributed by atoms with E-state index in [1.54, 1.807) is 0 Å². The summed E-state index contributed by atoms with van der Waals surface area (Å²) in [5.41, 5.74) is 3.24. The molecule has 4 aliphatic heterocycles. The maximum atomic E-state index is 13.3. The Bertz CT molecular complexity index is 1580. The third-order valence-corrected chi connectivity index (χ3v) is 12.1. The highest BCUT2D eigenvalue weighted by atomic mass is 16.3. The SMILES string of the molecule is C[C@@]12N3CCCC/C=C\[C@H]3C[C@@]13CN1CCCC/C=C\CC[C@]2(O)C=C(c2nccc4c2[nH]c2ccccc24)[C@@H]3CC1. The van der Waals surface area contributed by atoms with Gasteiger partial charge in [0.25, 0.3) is 0 Å². The maximum absolute atomic E-state index is 13.3. The Morgan fingerprint density at radius 2 is 1.76 bits per heavy atom. The molecule has 3 bridgehead atoms. The molecule has 220 valence electrons. The number of nitrogens with one attached hydrogen (secondary N) is 1. The molecule has 42 heavy (non-hydrogen) atoms. The predicted octanol–water partition coefficient (Wildman–Crippen LogP) is 7.25. The average Bonchev–Trinajstić information content (AvgIpc) is 3.47. The van der Waals surface area contributed by atoms with Gasteiger partial charge >= 0.3 is 0 Å². The highest BCUT2D eigenvalue weighted by Crippen LogP contribution is 2.67. The van der Waals surface area contributed by atoms with Crippen LogP contribution in [0.5, 0.6) is 0 Å². The number of piperidine rings is 1. The number of benzene rings is 1. The number of para-hydroxylation sites is 1. The number of aromatic nitrogens is 2. The van der Waals surface area contributed by atoms with Crippen LogP contribution in [0.2, 0.25) is 0 Å². The predicted molar refractivity (Wildman–Crippen MR) is 172 cm³/mol. The van der Waals surface area contributed by atoms with Gasteiger partial charge in [0.15, 0.2) is 0 Å². The summed E-state index contributed by atoms with van der Waals surface area (Å²) in [6.45, 7) is 6.87. The first-order valence-corrected chi connectivity index (χ1v) is 16.7. The van der Waals surface area contributed by atoms with E-state index in [1.807, 2.05) is 6.20 Å². The van der Waals surface area contributed by atoms with E-state index in [0.717, 1.165) is 75.0 Å². The molecule has 1 spiro atoms. The molecule has 6 atom stereocenters. The molecule has 5 nitrogen and oxygen atoms in total. The second-order valence-electron chi connectivity index (χ2n) is 14.0. The van der Waals surface area contributed by atoms with Gasteiger partial charge in [-0.05, 0) is 120 Å². The number of aliphatic hydroxyl groups is 1. The van der Waals surface area contributed by atoms with E-state index in [-0.39, 0.29) is 11.0 Å². The molecule has 1 aromatic carbocycles. The first kappa shape index (κ1) is 26.9. The van der Waals surface area contributed by atoms with Gasteiger partial charge in [-0.1, -0.05) is 42.5 Å². The van der Waals surface area contributed by atoms with Crippen LogP contribution in [-0.2, 0) is 0 Å². The van der Waals surface area contributed by atoms with Crippen LogP contribution in [0.3, 0.4) is 0 Å². The van der Waals surface area contributed by atoms with Crippen LogP contribution in [-0.4, -0.2) is 68.2 Å². The number of nitrogens with zero attached hydrogens (tertiary/aromatic N) is 3. The summed E-state index contributed by atoms with van der Waals surface area (Å²) in [5.74, 6) is 0.353. The van der Waals surface area contributed by atoms with Crippen molar-refractivity contribution in [3.63, 3.8) is 0 Å². The van der Waals surface area contributed by atoms with E-state index in [4.69, 9.17) is 4.98 Å². The molecule has 5 aliphatic rings. The lowest BCUT2D eigenvalue weighted by Crippen LogP contribution is -2.73. The number of pyridine rings is 1. The Morgan fingerprint density at radius 1 is 0.929 bits per heavy atom. The van der Waals surface area contributed by atoms with E-state index in [9.17, 15) is 5.11 Å². The fourth-order valence-electron chi connectivity index (χ4n) is 10.0. The van der Waals surface area contributed by atoms with Gasteiger partial charge in [-0.25, -0.2) is 0 Å². The summed E-state index contributed by atoms with van der Waals surface area (Å²) in [4.78, 5) is 14.4. The minimum atomic E-state index is -0.960. The first-order chi connectivity index (χ1) is 20.5. The summed E-state index contributed by atoms with van der Waals surface area (Å²) in [6, 6.07) is 11.1. The van der Waals surface area contributed by atoms with Gasteiger partial charge in [0.05, 0.1) is 16.7 Å². The number of hydrogen-bond donors (Lipinski definition) is 2. The van der Waals surface area contributed by atoms with Crippen LogP contribution >= 0.6 is 0 Å². The molecule has 2 saturated heterocycles. The van der Waals surface area contributed by atoms with Gasteiger partial charge in [0.1, 0.15) is 5.60 Å². The Balaban J connectivity index is 1.38. The fourth-order valence-corrected chi connectivity index (χ4v) is 10.0. The Hall–Kier alpha value is -2.73. The molecule has 3 aromatic rings. The molecule has 5 heteroatoms. The molecule has 2 fully saturated rings. The fraction of sp³-hybridized carbons (Fsp3) is 0.541. The Morgan fingerprint density at radius 3 is 2.69 bits per heavy atom. The van der Waals surface area contributed by atoms with Crippen LogP contribution in [0.15, 0.2) is 66.9 Å². The quantitative estimate of drug-likeness (QED) is 0.307. The van der Waals surface area contributed by atoms with Crippen LogP contribution in [0.4, 0.5) is 0 Å². The lowest BCUT2D eigenvalue weighted by Gasteiger charge is -2.64. The van der Waals surface area contributed by atoms with Crippen molar-refractivity contribution in [1.82, 2.24) is 19.8 Å². The van der Waals surface area contributed by atoms with E-state index >= 15 is 0 Å². The van der Waals surface area contributed by atoms with Crippen molar-refractivity contribution in [1.29, 1.82) is 0 Å². The van der Waals surface area contributed by atoms with Crippen LogP contribution in [0.1, 0.15) is 76.8 Å². The van der Waals surface area contributed by atoms with Gasteiger partial charge in [0, 0.05) is 40.5 Å². The van der Waals surface area contributed by atoms with Crippen LogP contribution < -0.4 is 0 Å². The molecular formula is C37H46N4O. The summed E-state index contributed by atoms with van der Waals surface area (Å²) in [6.07, 6.45) is 25.1. The summed E-state index contributed by atoms with van der Waals surface area (Å²) >= 11 is 0. The van der Waals surface area contributed by atoms with Gasteiger partial charge in [0.2, 0.25) is 0 Å². The van der Waals surface area contributed by atoms with Crippen molar-refractivity contribution in [3.8, 4) is 0 Å². The van der Waals surface area contributed by atoms with Gasteiger partial charge in [-0.15, -0.1) is 0 Å². The molecule has 0 amide bonds. The van der Waals surface area contributed by atoms with Gasteiger partial charge in [-0.2, -0.15) is 0 Å². The zero-order valence-corrected chi connectivity index (χ0v) is 25.2. The topological polar surface area (TPSA) is 55.4 Å². The number of aromatic amines is 1. The zero-order valence-electron chi connectivity index (χ0n) is 25.2. The van der Waals surface area contributed by atoms with Crippen molar-refractivity contribution in [3.05, 3.63) is 72.6 Å². The number of rotatable bonds is 1. The van der Waals surface area contributed by atoms with Crippen molar-refractivity contribution in [2.24, 2.45) is 11.3 Å². The van der Waals surface area contributed by atoms with Crippen LogP contribution in [0.25, 0.3) is 27.4 Å². The largest absolute Gasteiger partial charge is 0.384 e. The molecule has 1 aliphatic carbocycles. The third kappa shape index (κ3) is 3.82. The van der Waals surface area contributed by atoms with E-state index in [2.05, 4.69) is 82.4 Å². The van der Waals surface area contributed by atoms with E-state index in [1.165, 1.54) is 48.4 Å². The maximum Gasteiger partial charge on any atom is 0.102 e. The second kappa shape index (κ2) is 10.2. The highest BCUT2D eigenvalue weighted by Gasteiger charge is 2.72. The monoisotopic (exact) mass is 562 g/mol. The first-order valence-electron chi connectivity index (χ1n) is 16.7. The number of hydrogen-bond acceptors (Lipinski definition) is 4. The second-order valence-corrected chi connectivity index (χ2v) is 14.0. The molecular weight excluding hydrogens is 516 g/mol. The summed E-state index contributed by atoms with van der Waals surface area (Å²) in [5, 5.41) is 15.8. The Labute approximate surface area is 250 Å². The molecule has 2 N–H and O–H groups in total. The molecule has 8 rings (SSSR count). The molecule has 6 heterocycles. The van der Waals surface area contributed by atoms with Crippen LogP contribution in [0, 0.1) is 11.3 Å². The van der Waals surface area contributed by atoms with E-state index in [0.29, 0.717) is 12.0 Å². The van der Waals surface area contributed by atoms with E-state index < -0.39 is 5.60 Å². The van der Waals surface area contributed by atoms with Crippen molar-refractivity contribution < 1.29 is 5.11 Å². The molecule has 2 aromatic heterocycles. The van der Waals surface area contributed by atoms with Crippen molar-refractivity contribution >= 4 is 27.4 Å². The number of allylic oxidation sites excluding steroid dienone is 4. The highest BCUT2D eigenvalue weighted by molar-refractivity contribution is 6.09.